The fourth-order valence-corrected chi connectivity index (χ4v) is 3.23. The molecule has 0 radical (unpaired) electrons. The molecule has 1 aromatic heterocycles. The number of anilines is 1. The Morgan fingerprint density at radius 3 is 2.80 bits per heavy atom. The molecule has 2 aromatic rings. The molecule has 0 spiro atoms. The van der Waals surface area contributed by atoms with Crippen LogP contribution in [0.3, 0.4) is 0 Å². The highest BCUT2D eigenvalue weighted by Gasteiger charge is 2.33. The van der Waals surface area contributed by atoms with Crippen LogP contribution in [0.25, 0.3) is 0 Å². The van der Waals surface area contributed by atoms with E-state index in [2.05, 4.69) is 15.5 Å². The zero-order valence-corrected chi connectivity index (χ0v) is 14.1. The minimum absolute atomic E-state index is 0.0102. The maximum Gasteiger partial charge on any atom is 0.417 e. The maximum atomic E-state index is 12.8. The quantitative estimate of drug-likeness (QED) is 0.765. The van der Waals surface area contributed by atoms with E-state index < -0.39 is 22.7 Å². The van der Waals surface area contributed by atoms with E-state index in [1.165, 1.54) is 10.6 Å². The minimum atomic E-state index is -4.61. The van der Waals surface area contributed by atoms with Crippen LogP contribution in [-0.4, -0.2) is 26.4 Å². The average Bonchev–Trinajstić information content (AvgIpc) is 3.29. The number of alkyl halides is 3. The summed E-state index contributed by atoms with van der Waals surface area (Å²) in [6.07, 6.45) is -2.85. The van der Waals surface area contributed by atoms with Gasteiger partial charge in [0.25, 0.3) is 0 Å². The molecule has 25 heavy (non-hydrogen) atoms. The van der Waals surface area contributed by atoms with Crippen molar-refractivity contribution in [3.63, 3.8) is 0 Å². The minimum Gasteiger partial charge on any atom is -0.325 e. The van der Waals surface area contributed by atoms with Crippen LogP contribution in [-0.2, 0) is 11.0 Å². The predicted octanol–water partition coefficient (Wildman–Crippen LogP) is 3.31. The zero-order valence-electron chi connectivity index (χ0n) is 12.6. The molecule has 1 aromatic carbocycles. The van der Waals surface area contributed by atoms with Gasteiger partial charge < -0.3 is 5.32 Å². The number of nitrogens with zero attached hydrogens (tertiary/aromatic N) is 2. The molecule has 0 saturated heterocycles. The molecule has 1 heterocycles. The molecule has 1 amide bonds. The van der Waals surface area contributed by atoms with Crippen molar-refractivity contribution in [2.45, 2.75) is 30.2 Å². The molecule has 0 atom stereocenters. The van der Waals surface area contributed by atoms with Crippen molar-refractivity contribution in [1.82, 2.24) is 14.8 Å². The summed E-state index contributed by atoms with van der Waals surface area (Å²) >= 11 is 6.57. The van der Waals surface area contributed by atoms with E-state index in [0.717, 1.165) is 36.7 Å². The van der Waals surface area contributed by atoms with Crippen LogP contribution >= 0.6 is 23.4 Å². The summed E-state index contributed by atoms with van der Waals surface area (Å²) < 4.78 is 39.9. The van der Waals surface area contributed by atoms with Crippen LogP contribution < -0.4 is 11.0 Å². The van der Waals surface area contributed by atoms with E-state index in [1.807, 2.05) is 0 Å². The zero-order chi connectivity index (χ0) is 18.2. The van der Waals surface area contributed by atoms with Gasteiger partial charge in [0.2, 0.25) is 5.91 Å². The second-order valence-electron chi connectivity index (χ2n) is 5.44. The lowest BCUT2D eigenvalue weighted by atomic mass is 10.2. The molecule has 2 N–H and O–H groups in total. The Hall–Kier alpha value is -1.94. The highest BCUT2D eigenvalue weighted by atomic mass is 35.5. The molecule has 0 bridgehead atoms. The number of rotatable bonds is 5. The predicted molar refractivity (Wildman–Crippen MR) is 86.9 cm³/mol. The van der Waals surface area contributed by atoms with Crippen molar-refractivity contribution in [2.75, 3.05) is 11.1 Å². The third-order valence-electron chi connectivity index (χ3n) is 3.47. The highest BCUT2D eigenvalue weighted by molar-refractivity contribution is 7.99. The number of carbonyl (C=O) groups excluding carboxylic acids is 1. The summed E-state index contributed by atoms with van der Waals surface area (Å²) in [5.41, 5.74) is -1.36. The number of halogens is 4. The van der Waals surface area contributed by atoms with Crippen LogP contribution in [0.5, 0.6) is 0 Å². The summed E-state index contributed by atoms with van der Waals surface area (Å²) in [5.74, 6) is -0.612. The third-order valence-corrected chi connectivity index (χ3v) is 4.75. The van der Waals surface area contributed by atoms with Crippen LogP contribution in [0.1, 0.15) is 24.4 Å². The second kappa shape index (κ2) is 6.75. The van der Waals surface area contributed by atoms with E-state index in [1.54, 1.807) is 0 Å². The van der Waals surface area contributed by atoms with Gasteiger partial charge in [0, 0.05) is 11.7 Å². The van der Waals surface area contributed by atoms with Gasteiger partial charge in [0.15, 0.2) is 5.16 Å². The first-order valence-electron chi connectivity index (χ1n) is 7.22. The fraction of sp³-hybridized carbons (Fsp3) is 0.357. The van der Waals surface area contributed by atoms with E-state index in [-0.39, 0.29) is 23.2 Å². The molecule has 6 nitrogen and oxygen atoms in total. The summed E-state index contributed by atoms with van der Waals surface area (Å²) in [6.45, 7) is 0. The Morgan fingerprint density at radius 2 is 2.16 bits per heavy atom. The van der Waals surface area contributed by atoms with Gasteiger partial charge in [0.1, 0.15) is 0 Å². The molecular formula is C14H12ClF3N4O2S. The number of H-pyrrole nitrogens is 1. The van der Waals surface area contributed by atoms with E-state index in [9.17, 15) is 22.8 Å². The topological polar surface area (TPSA) is 79.8 Å². The third kappa shape index (κ3) is 4.18. The molecule has 1 aliphatic carbocycles. The van der Waals surface area contributed by atoms with Gasteiger partial charge in [-0.15, -0.1) is 5.10 Å². The van der Waals surface area contributed by atoms with Gasteiger partial charge in [-0.05, 0) is 31.0 Å². The monoisotopic (exact) mass is 392 g/mol. The van der Waals surface area contributed by atoms with Crippen molar-refractivity contribution in [1.29, 1.82) is 0 Å². The van der Waals surface area contributed by atoms with E-state index in [4.69, 9.17) is 11.6 Å². The van der Waals surface area contributed by atoms with Crippen molar-refractivity contribution >= 4 is 35.0 Å². The summed E-state index contributed by atoms with van der Waals surface area (Å²) in [4.78, 5) is 23.6. The summed E-state index contributed by atoms with van der Waals surface area (Å²) in [6, 6.07) is 3.24. The Balaban J connectivity index is 1.65. The number of benzene rings is 1. The summed E-state index contributed by atoms with van der Waals surface area (Å²) in [7, 11) is 0. The first kappa shape index (κ1) is 17.9. The molecule has 0 aliphatic heterocycles. The highest BCUT2D eigenvalue weighted by Crippen LogP contribution is 2.37. The van der Waals surface area contributed by atoms with Gasteiger partial charge in [-0.3, -0.25) is 9.36 Å². The van der Waals surface area contributed by atoms with Gasteiger partial charge >= 0.3 is 11.9 Å². The Morgan fingerprint density at radius 1 is 1.44 bits per heavy atom. The largest absolute Gasteiger partial charge is 0.417 e. The number of nitrogens with one attached hydrogen (secondary N) is 2. The number of amides is 1. The smallest absolute Gasteiger partial charge is 0.325 e. The van der Waals surface area contributed by atoms with Gasteiger partial charge in [-0.1, -0.05) is 23.4 Å². The number of carbonyl (C=O) groups is 1. The van der Waals surface area contributed by atoms with Gasteiger partial charge in [-0.25, -0.2) is 9.89 Å². The Bertz CT molecular complexity index is 860. The van der Waals surface area contributed by atoms with Crippen molar-refractivity contribution < 1.29 is 18.0 Å². The van der Waals surface area contributed by atoms with Gasteiger partial charge in [-0.2, -0.15) is 13.2 Å². The maximum absolute atomic E-state index is 12.8. The lowest BCUT2D eigenvalue weighted by molar-refractivity contribution is -0.137. The SMILES string of the molecule is O=C(CSc1n[nH]c(=O)n1C1CC1)Nc1ccc(Cl)c(C(F)(F)F)c1. The van der Waals surface area contributed by atoms with Crippen LogP contribution in [0.2, 0.25) is 5.02 Å². The standard InChI is InChI=1S/C14H12ClF3N4O2S/c15-10-4-1-7(5-9(10)14(16,17)18)19-11(23)6-25-13-21-20-12(24)22(13)8-2-3-8/h1,4-5,8H,2-3,6H2,(H,19,23)(H,20,24). The second-order valence-corrected chi connectivity index (χ2v) is 6.79. The number of aromatic amines is 1. The number of aromatic nitrogens is 3. The number of hydrogen-bond acceptors (Lipinski definition) is 4. The molecule has 0 unspecified atom stereocenters. The molecule has 1 fully saturated rings. The fourth-order valence-electron chi connectivity index (χ4n) is 2.19. The molecule has 1 saturated carbocycles. The van der Waals surface area contributed by atoms with Gasteiger partial charge in [0.05, 0.1) is 16.3 Å². The first-order chi connectivity index (χ1) is 11.8. The van der Waals surface area contributed by atoms with E-state index >= 15 is 0 Å². The van der Waals surface area contributed by atoms with Crippen LogP contribution in [0, 0.1) is 0 Å². The van der Waals surface area contributed by atoms with E-state index in [0.29, 0.717) is 5.16 Å². The Labute approximate surface area is 148 Å². The van der Waals surface area contributed by atoms with Crippen molar-refractivity contribution in [2.24, 2.45) is 0 Å². The molecule has 1 aliphatic rings. The first-order valence-corrected chi connectivity index (χ1v) is 8.58. The molecule has 11 heteroatoms. The van der Waals surface area contributed by atoms with Crippen LogP contribution in [0.4, 0.5) is 18.9 Å². The summed E-state index contributed by atoms with van der Waals surface area (Å²) in [5, 5.41) is 8.51. The lowest BCUT2D eigenvalue weighted by Gasteiger charge is -2.11. The normalized spacial score (nSPS) is 14.6. The van der Waals surface area contributed by atoms with Crippen molar-refractivity contribution in [3.05, 3.63) is 39.3 Å². The molecule has 3 rings (SSSR count). The average molecular weight is 393 g/mol. The number of thioether (sulfide) groups is 1. The molecule has 134 valence electrons. The Kier molecular flexibility index (Phi) is 4.83. The molecular weight excluding hydrogens is 381 g/mol. The van der Waals surface area contributed by atoms with Crippen molar-refractivity contribution in [3.8, 4) is 0 Å². The lowest BCUT2D eigenvalue weighted by Crippen LogP contribution is -2.18. The number of hydrogen-bond donors (Lipinski definition) is 2. The van der Waals surface area contributed by atoms with Crippen LogP contribution in [0.15, 0.2) is 28.2 Å².